The number of benzene rings is 2. The molecule has 2 aromatic rings. The van der Waals surface area contributed by atoms with Crippen molar-refractivity contribution in [2.75, 3.05) is 6.61 Å². The first-order valence-electron chi connectivity index (χ1n) is 9.58. The van der Waals surface area contributed by atoms with Crippen LogP contribution in [-0.2, 0) is 14.3 Å². The number of carboxylic acid groups (broad SMARTS) is 1. The van der Waals surface area contributed by atoms with Gasteiger partial charge in [0.15, 0.2) is 0 Å². The minimum Gasteiger partial charge on any atom is -0.480 e. The SMILES string of the molecule is C[C@H](NC(=O)OCC1c2ccccc2-c2ccccc21)C(=O)NC1(C(=O)O)CC1. The van der Waals surface area contributed by atoms with Gasteiger partial charge in [0.05, 0.1) is 0 Å². The lowest BCUT2D eigenvalue weighted by Gasteiger charge is -2.19. The average Bonchev–Trinajstić information content (AvgIpc) is 3.43. The van der Waals surface area contributed by atoms with Crippen LogP contribution in [0.25, 0.3) is 11.1 Å². The largest absolute Gasteiger partial charge is 0.480 e. The van der Waals surface area contributed by atoms with Gasteiger partial charge in [0.2, 0.25) is 5.91 Å². The third-order valence-electron chi connectivity index (χ3n) is 5.59. The molecule has 0 aliphatic heterocycles. The highest BCUT2D eigenvalue weighted by Gasteiger charge is 2.52. The van der Waals surface area contributed by atoms with Crippen molar-refractivity contribution in [3.63, 3.8) is 0 Å². The maximum Gasteiger partial charge on any atom is 0.407 e. The third-order valence-corrected chi connectivity index (χ3v) is 5.59. The summed E-state index contributed by atoms with van der Waals surface area (Å²) in [5.41, 5.74) is 3.28. The number of rotatable bonds is 6. The molecule has 0 spiro atoms. The summed E-state index contributed by atoms with van der Waals surface area (Å²) in [6.07, 6.45) is 0.0759. The predicted octanol–water partition coefficient (Wildman–Crippen LogP) is 2.65. The van der Waals surface area contributed by atoms with E-state index in [1.54, 1.807) is 0 Å². The zero-order valence-electron chi connectivity index (χ0n) is 16.0. The van der Waals surface area contributed by atoms with Crippen LogP contribution in [0.15, 0.2) is 48.5 Å². The Kier molecular flexibility index (Phi) is 4.74. The van der Waals surface area contributed by atoms with Crippen molar-refractivity contribution in [3.05, 3.63) is 59.7 Å². The number of ether oxygens (including phenoxy) is 1. The maximum absolute atomic E-state index is 12.2. The normalized spacial score (nSPS) is 16.9. The van der Waals surface area contributed by atoms with Crippen molar-refractivity contribution in [2.24, 2.45) is 0 Å². The molecular formula is C22H22N2O5. The van der Waals surface area contributed by atoms with Crippen LogP contribution in [0.1, 0.15) is 36.8 Å². The first kappa shape index (κ1) is 19.0. The number of fused-ring (bicyclic) bond motifs is 3. The first-order chi connectivity index (χ1) is 13.9. The van der Waals surface area contributed by atoms with Crippen LogP contribution < -0.4 is 10.6 Å². The van der Waals surface area contributed by atoms with Crippen LogP contribution in [0.2, 0.25) is 0 Å². The fourth-order valence-electron chi connectivity index (χ4n) is 3.74. The monoisotopic (exact) mass is 394 g/mol. The first-order valence-corrected chi connectivity index (χ1v) is 9.58. The Labute approximate surface area is 168 Å². The van der Waals surface area contributed by atoms with Crippen LogP contribution in [0.5, 0.6) is 0 Å². The highest BCUT2D eigenvalue weighted by Crippen LogP contribution is 2.44. The second-order valence-electron chi connectivity index (χ2n) is 7.57. The minimum absolute atomic E-state index is 0.0703. The molecule has 0 bridgehead atoms. The molecule has 1 fully saturated rings. The van der Waals surface area contributed by atoms with Crippen molar-refractivity contribution >= 4 is 18.0 Å². The fourth-order valence-corrected chi connectivity index (χ4v) is 3.74. The average molecular weight is 394 g/mol. The number of aliphatic carboxylic acids is 1. The zero-order chi connectivity index (χ0) is 20.6. The van der Waals surface area contributed by atoms with Gasteiger partial charge in [0, 0.05) is 5.92 Å². The Morgan fingerprint density at radius 1 is 1.07 bits per heavy atom. The summed E-state index contributed by atoms with van der Waals surface area (Å²) in [6.45, 7) is 1.64. The van der Waals surface area contributed by atoms with Gasteiger partial charge in [-0.05, 0) is 42.0 Å². The summed E-state index contributed by atoms with van der Waals surface area (Å²) >= 11 is 0. The molecule has 0 aromatic heterocycles. The van der Waals surface area contributed by atoms with Crippen LogP contribution in [0.4, 0.5) is 4.79 Å². The molecule has 2 aliphatic rings. The second-order valence-corrected chi connectivity index (χ2v) is 7.57. The third kappa shape index (κ3) is 3.55. The molecular weight excluding hydrogens is 372 g/mol. The molecule has 7 nitrogen and oxygen atoms in total. The van der Waals surface area contributed by atoms with Crippen LogP contribution >= 0.6 is 0 Å². The highest BCUT2D eigenvalue weighted by atomic mass is 16.5. The topological polar surface area (TPSA) is 105 Å². The predicted molar refractivity (Wildman–Crippen MR) is 105 cm³/mol. The van der Waals surface area contributed by atoms with Gasteiger partial charge in [-0.25, -0.2) is 9.59 Å². The molecule has 2 amide bonds. The smallest absolute Gasteiger partial charge is 0.407 e. The number of carbonyl (C=O) groups excluding carboxylic acids is 2. The molecule has 0 unspecified atom stereocenters. The van der Waals surface area contributed by atoms with E-state index in [4.69, 9.17) is 9.84 Å². The van der Waals surface area contributed by atoms with Gasteiger partial charge >= 0.3 is 12.1 Å². The van der Waals surface area contributed by atoms with Crippen molar-refractivity contribution in [1.82, 2.24) is 10.6 Å². The fraction of sp³-hybridized carbons (Fsp3) is 0.318. The molecule has 29 heavy (non-hydrogen) atoms. The van der Waals surface area contributed by atoms with E-state index in [1.807, 2.05) is 36.4 Å². The number of alkyl carbamates (subject to hydrolysis) is 1. The van der Waals surface area contributed by atoms with Gasteiger partial charge in [-0.1, -0.05) is 48.5 Å². The number of carboxylic acids is 1. The van der Waals surface area contributed by atoms with E-state index in [2.05, 4.69) is 22.8 Å². The molecule has 4 rings (SSSR count). The number of hydrogen-bond acceptors (Lipinski definition) is 4. The number of amides is 2. The maximum atomic E-state index is 12.2. The molecule has 1 atom stereocenters. The quantitative estimate of drug-likeness (QED) is 0.699. The Morgan fingerprint density at radius 2 is 1.62 bits per heavy atom. The molecule has 2 aromatic carbocycles. The standard InChI is InChI=1S/C22H22N2O5/c1-13(19(25)24-22(10-11-22)20(26)27)23-21(28)29-12-18-16-8-4-2-6-14(16)15-7-3-5-9-17(15)18/h2-9,13,18H,10-12H2,1H3,(H,23,28)(H,24,25)(H,26,27)/t13-/m0/s1. The van der Waals surface area contributed by atoms with Crippen LogP contribution in [-0.4, -0.2) is 41.3 Å². The Morgan fingerprint density at radius 3 is 2.14 bits per heavy atom. The lowest BCUT2D eigenvalue weighted by Crippen LogP contribution is -2.51. The molecule has 150 valence electrons. The summed E-state index contributed by atoms with van der Waals surface area (Å²) in [5, 5.41) is 14.1. The van der Waals surface area contributed by atoms with Crippen molar-refractivity contribution in [1.29, 1.82) is 0 Å². The van der Waals surface area contributed by atoms with E-state index in [1.165, 1.54) is 6.92 Å². The zero-order valence-corrected chi connectivity index (χ0v) is 16.0. The van der Waals surface area contributed by atoms with E-state index < -0.39 is 29.6 Å². The molecule has 3 N–H and O–H groups in total. The van der Waals surface area contributed by atoms with Gasteiger partial charge < -0.3 is 20.5 Å². The van der Waals surface area contributed by atoms with Gasteiger partial charge in [-0.2, -0.15) is 0 Å². The van der Waals surface area contributed by atoms with Crippen molar-refractivity contribution in [2.45, 2.75) is 37.3 Å². The van der Waals surface area contributed by atoms with Gasteiger partial charge in [0.1, 0.15) is 18.2 Å². The summed E-state index contributed by atoms with van der Waals surface area (Å²) in [7, 11) is 0. The highest BCUT2D eigenvalue weighted by molar-refractivity contribution is 5.92. The van der Waals surface area contributed by atoms with E-state index >= 15 is 0 Å². The summed E-state index contributed by atoms with van der Waals surface area (Å²) < 4.78 is 5.41. The second kappa shape index (κ2) is 7.24. The Hall–Kier alpha value is -3.35. The molecule has 1 saturated carbocycles. The van der Waals surface area contributed by atoms with E-state index in [0.717, 1.165) is 22.3 Å². The molecule has 0 saturated heterocycles. The number of nitrogens with one attached hydrogen (secondary N) is 2. The lowest BCUT2D eigenvalue weighted by atomic mass is 9.98. The summed E-state index contributed by atoms with van der Waals surface area (Å²) in [4.78, 5) is 35.6. The number of carbonyl (C=O) groups is 3. The Bertz CT molecular complexity index is 937. The van der Waals surface area contributed by atoms with Crippen molar-refractivity contribution in [3.8, 4) is 11.1 Å². The Balaban J connectivity index is 1.36. The molecule has 2 aliphatic carbocycles. The van der Waals surface area contributed by atoms with Gasteiger partial charge in [-0.15, -0.1) is 0 Å². The van der Waals surface area contributed by atoms with E-state index in [9.17, 15) is 14.4 Å². The summed E-state index contributed by atoms with van der Waals surface area (Å²) in [6, 6.07) is 15.1. The van der Waals surface area contributed by atoms with E-state index in [0.29, 0.717) is 12.8 Å². The molecule has 0 heterocycles. The van der Waals surface area contributed by atoms with Crippen LogP contribution in [0.3, 0.4) is 0 Å². The molecule has 7 heteroatoms. The van der Waals surface area contributed by atoms with Crippen LogP contribution in [0, 0.1) is 0 Å². The van der Waals surface area contributed by atoms with E-state index in [-0.39, 0.29) is 12.5 Å². The summed E-state index contributed by atoms with van der Waals surface area (Å²) in [5.74, 6) is -1.67. The van der Waals surface area contributed by atoms with Gasteiger partial charge in [-0.3, -0.25) is 4.79 Å². The van der Waals surface area contributed by atoms with Gasteiger partial charge in [0.25, 0.3) is 0 Å². The minimum atomic E-state index is -1.19. The molecule has 0 radical (unpaired) electrons. The number of hydrogen-bond donors (Lipinski definition) is 3. The van der Waals surface area contributed by atoms with Crippen molar-refractivity contribution < 1.29 is 24.2 Å². The lowest BCUT2D eigenvalue weighted by molar-refractivity contribution is -0.143.